The molecule has 0 amide bonds. The molecule has 1 unspecified atom stereocenters. The molecule has 1 atom stereocenters. The van der Waals surface area contributed by atoms with Gasteiger partial charge in [0.2, 0.25) is 0 Å². The van der Waals surface area contributed by atoms with Gasteiger partial charge in [-0.05, 0) is 25.8 Å². The number of benzene rings is 1. The number of anilines is 2. The SMILES string of the molecule is CCC(C)Nc1cc(N(CC)Cc2ccccc2)ncn1. The lowest BCUT2D eigenvalue weighted by atomic mass is 10.2. The average molecular weight is 284 g/mol. The van der Waals surface area contributed by atoms with Crippen molar-refractivity contribution >= 4 is 11.6 Å². The molecule has 1 N–H and O–H groups in total. The maximum absolute atomic E-state index is 4.41. The zero-order valence-corrected chi connectivity index (χ0v) is 13.1. The minimum absolute atomic E-state index is 0.414. The van der Waals surface area contributed by atoms with Crippen LogP contribution in [0.4, 0.5) is 11.6 Å². The van der Waals surface area contributed by atoms with Gasteiger partial charge < -0.3 is 10.2 Å². The topological polar surface area (TPSA) is 41.0 Å². The molecule has 0 bridgehead atoms. The Morgan fingerprint density at radius 3 is 2.57 bits per heavy atom. The Kier molecular flexibility index (Phi) is 5.55. The van der Waals surface area contributed by atoms with Crippen LogP contribution in [0.2, 0.25) is 0 Å². The summed E-state index contributed by atoms with van der Waals surface area (Å²) in [6, 6.07) is 12.9. The van der Waals surface area contributed by atoms with Crippen LogP contribution >= 0.6 is 0 Å². The van der Waals surface area contributed by atoms with Crippen LogP contribution in [0.3, 0.4) is 0 Å². The van der Waals surface area contributed by atoms with E-state index in [0.29, 0.717) is 6.04 Å². The third-order valence-electron chi connectivity index (χ3n) is 3.58. The molecule has 4 nitrogen and oxygen atoms in total. The fourth-order valence-electron chi connectivity index (χ4n) is 2.11. The quantitative estimate of drug-likeness (QED) is 0.841. The maximum atomic E-state index is 4.41. The van der Waals surface area contributed by atoms with Crippen LogP contribution in [-0.4, -0.2) is 22.6 Å². The van der Waals surface area contributed by atoms with Crippen molar-refractivity contribution in [2.75, 3.05) is 16.8 Å². The van der Waals surface area contributed by atoms with Crippen molar-refractivity contribution in [1.29, 1.82) is 0 Å². The number of hydrogen-bond donors (Lipinski definition) is 1. The highest BCUT2D eigenvalue weighted by atomic mass is 15.2. The van der Waals surface area contributed by atoms with Crippen LogP contribution in [0.25, 0.3) is 0 Å². The Bertz CT molecular complexity index is 541. The smallest absolute Gasteiger partial charge is 0.134 e. The standard InChI is InChI=1S/C17H24N4/c1-4-14(3)20-16-11-17(19-13-18-16)21(5-2)12-15-9-7-6-8-10-15/h6-11,13-14H,4-5,12H2,1-3H3,(H,18,19,20). The number of rotatable bonds is 7. The van der Waals surface area contributed by atoms with Gasteiger partial charge in [0.05, 0.1) is 0 Å². The van der Waals surface area contributed by atoms with Gasteiger partial charge in [-0.2, -0.15) is 0 Å². The average Bonchev–Trinajstić information content (AvgIpc) is 2.53. The van der Waals surface area contributed by atoms with E-state index in [1.54, 1.807) is 6.33 Å². The van der Waals surface area contributed by atoms with Crippen molar-refractivity contribution in [3.05, 3.63) is 48.3 Å². The van der Waals surface area contributed by atoms with Crippen molar-refractivity contribution in [1.82, 2.24) is 9.97 Å². The molecule has 2 rings (SSSR count). The lowest BCUT2D eigenvalue weighted by Gasteiger charge is -2.22. The molecule has 0 aliphatic carbocycles. The summed E-state index contributed by atoms with van der Waals surface area (Å²) in [6.07, 6.45) is 2.70. The molecule has 0 saturated carbocycles. The number of hydrogen-bond acceptors (Lipinski definition) is 4. The summed E-state index contributed by atoms with van der Waals surface area (Å²) in [4.78, 5) is 11.0. The summed E-state index contributed by atoms with van der Waals surface area (Å²) in [6.45, 7) is 8.23. The van der Waals surface area contributed by atoms with E-state index in [0.717, 1.165) is 31.1 Å². The van der Waals surface area contributed by atoms with E-state index < -0.39 is 0 Å². The van der Waals surface area contributed by atoms with E-state index in [-0.39, 0.29) is 0 Å². The first-order valence-electron chi connectivity index (χ1n) is 7.60. The monoisotopic (exact) mass is 284 g/mol. The lowest BCUT2D eigenvalue weighted by Crippen LogP contribution is -2.23. The minimum atomic E-state index is 0.414. The van der Waals surface area contributed by atoms with Crippen molar-refractivity contribution in [3.63, 3.8) is 0 Å². The second-order valence-corrected chi connectivity index (χ2v) is 5.21. The largest absolute Gasteiger partial charge is 0.367 e. The molecule has 1 heterocycles. The van der Waals surface area contributed by atoms with E-state index in [9.17, 15) is 0 Å². The molecular weight excluding hydrogens is 260 g/mol. The van der Waals surface area contributed by atoms with Gasteiger partial charge in [0.25, 0.3) is 0 Å². The predicted octanol–water partition coefficient (Wildman–Crippen LogP) is 3.71. The zero-order chi connectivity index (χ0) is 15.1. The van der Waals surface area contributed by atoms with Crippen LogP contribution < -0.4 is 10.2 Å². The fraction of sp³-hybridized carbons (Fsp3) is 0.412. The van der Waals surface area contributed by atoms with E-state index in [1.807, 2.05) is 12.1 Å². The summed E-state index contributed by atoms with van der Waals surface area (Å²) in [5, 5.41) is 3.40. The molecule has 21 heavy (non-hydrogen) atoms. The summed E-state index contributed by atoms with van der Waals surface area (Å²) in [5.41, 5.74) is 1.29. The van der Waals surface area contributed by atoms with Gasteiger partial charge in [-0.15, -0.1) is 0 Å². The van der Waals surface area contributed by atoms with Gasteiger partial charge in [-0.1, -0.05) is 37.3 Å². The van der Waals surface area contributed by atoms with Crippen molar-refractivity contribution in [3.8, 4) is 0 Å². The normalized spacial score (nSPS) is 12.0. The third-order valence-corrected chi connectivity index (χ3v) is 3.58. The van der Waals surface area contributed by atoms with Gasteiger partial charge in [0.1, 0.15) is 18.0 Å². The van der Waals surface area contributed by atoms with E-state index in [2.05, 4.69) is 65.2 Å². The van der Waals surface area contributed by atoms with Crippen molar-refractivity contribution in [2.45, 2.75) is 39.8 Å². The first-order valence-corrected chi connectivity index (χ1v) is 7.60. The second-order valence-electron chi connectivity index (χ2n) is 5.21. The Morgan fingerprint density at radius 1 is 1.14 bits per heavy atom. The first kappa shape index (κ1) is 15.3. The minimum Gasteiger partial charge on any atom is -0.367 e. The molecular formula is C17H24N4. The molecule has 0 aliphatic heterocycles. The molecule has 1 aromatic carbocycles. The molecule has 0 aliphatic rings. The van der Waals surface area contributed by atoms with Crippen LogP contribution in [0.1, 0.15) is 32.8 Å². The fourth-order valence-corrected chi connectivity index (χ4v) is 2.11. The van der Waals surface area contributed by atoms with Crippen molar-refractivity contribution < 1.29 is 0 Å². The Labute approximate surface area is 127 Å². The summed E-state index contributed by atoms with van der Waals surface area (Å²) in [5.74, 6) is 1.85. The highest BCUT2D eigenvalue weighted by Gasteiger charge is 2.09. The number of nitrogens with zero attached hydrogens (tertiary/aromatic N) is 3. The molecule has 112 valence electrons. The van der Waals surface area contributed by atoms with Gasteiger partial charge >= 0.3 is 0 Å². The van der Waals surface area contributed by atoms with E-state index in [1.165, 1.54) is 5.56 Å². The van der Waals surface area contributed by atoms with Gasteiger partial charge in [0.15, 0.2) is 0 Å². The van der Waals surface area contributed by atoms with Crippen LogP contribution in [0, 0.1) is 0 Å². The van der Waals surface area contributed by atoms with Crippen LogP contribution in [0.5, 0.6) is 0 Å². The van der Waals surface area contributed by atoms with Gasteiger partial charge in [-0.25, -0.2) is 9.97 Å². The summed E-state index contributed by atoms with van der Waals surface area (Å²) >= 11 is 0. The molecule has 0 saturated heterocycles. The number of nitrogens with one attached hydrogen (secondary N) is 1. The number of aromatic nitrogens is 2. The molecule has 0 radical (unpaired) electrons. The van der Waals surface area contributed by atoms with Gasteiger partial charge in [-0.3, -0.25) is 0 Å². The highest BCUT2D eigenvalue weighted by molar-refractivity contribution is 5.49. The first-order chi connectivity index (χ1) is 10.2. The predicted molar refractivity (Wildman–Crippen MR) is 88.6 cm³/mol. The molecule has 2 aromatic rings. The molecule has 0 fully saturated rings. The maximum Gasteiger partial charge on any atom is 0.134 e. The highest BCUT2D eigenvalue weighted by Crippen LogP contribution is 2.17. The Balaban J connectivity index is 2.12. The Morgan fingerprint density at radius 2 is 1.90 bits per heavy atom. The molecule has 0 spiro atoms. The van der Waals surface area contributed by atoms with Crippen LogP contribution in [0.15, 0.2) is 42.7 Å². The van der Waals surface area contributed by atoms with Crippen molar-refractivity contribution in [2.24, 2.45) is 0 Å². The van der Waals surface area contributed by atoms with E-state index in [4.69, 9.17) is 0 Å². The summed E-state index contributed by atoms with van der Waals surface area (Å²) in [7, 11) is 0. The third kappa shape index (κ3) is 4.45. The molecule has 1 aromatic heterocycles. The molecule has 4 heteroatoms. The van der Waals surface area contributed by atoms with E-state index >= 15 is 0 Å². The van der Waals surface area contributed by atoms with Crippen LogP contribution in [-0.2, 0) is 6.54 Å². The Hall–Kier alpha value is -2.10. The second kappa shape index (κ2) is 7.62. The lowest BCUT2D eigenvalue weighted by molar-refractivity contribution is 0.756. The zero-order valence-electron chi connectivity index (χ0n) is 13.1. The van der Waals surface area contributed by atoms with Gasteiger partial charge in [0, 0.05) is 25.2 Å². The summed E-state index contributed by atoms with van der Waals surface area (Å²) < 4.78 is 0.